The average molecular weight is 347 g/mol. The van der Waals surface area contributed by atoms with Crippen LogP contribution < -0.4 is 15.9 Å². The van der Waals surface area contributed by atoms with Crippen molar-refractivity contribution in [1.82, 2.24) is 0 Å². The molecule has 0 saturated heterocycles. The van der Waals surface area contributed by atoms with Crippen LogP contribution >= 0.6 is 15.9 Å². The number of fused-ring (bicyclic) bond motifs is 4. The second-order valence-electron chi connectivity index (χ2n) is 5.72. The smallest absolute Gasteiger partial charge is 0.405 e. The topological polar surface area (TPSA) is 24.1 Å². The second kappa shape index (κ2) is 4.40. The predicted molar refractivity (Wildman–Crippen MR) is 97.6 cm³/mol. The van der Waals surface area contributed by atoms with Crippen molar-refractivity contribution < 1.29 is 0 Å². The summed E-state index contributed by atoms with van der Waals surface area (Å²) in [5.74, 6) is 0. The van der Waals surface area contributed by atoms with Gasteiger partial charge in [-0.2, -0.15) is 0 Å². The molecule has 22 heavy (non-hydrogen) atoms. The van der Waals surface area contributed by atoms with E-state index in [2.05, 4.69) is 87.0 Å². The molecule has 0 bridgehead atoms. The normalized spacial score (nSPS) is 13.4. The van der Waals surface area contributed by atoms with Gasteiger partial charge in [0.1, 0.15) is 0 Å². The molecule has 0 aromatic heterocycles. The molecule has 0 saturated carbocycles. The van der Waals surface area contributed by atoms with E-state index in [9.17, 15) is 0 Å². The van der Waals surface area contributed by atoms with Crippen LogP contribution in [-0.4, -0.2) is 6.98 Å². The molecule has 2 heterocycles. The number of rotatable bonds is 0. The molecule has 0 amide bonds. The standard InChI is InChI=1S/C18H12BBrN2/c20-11-8-9-17-15(10-11)14-6-3-5-13-12-4-1-2-7-16(12)21-19(22-17)18(13)14/h1-10,21-22H. The molecule has 2 nitrogen and oxygen atoms in total. The van der Waals surface area contributed by atoms with Gasteiger partial charge in [0.05, 0.1) is 0 Å². The Morgan fingerprint density at radius 1 is 0.682 bits per heavy atom. The molecule has 0 atom stereocenters. The van der Waals surface area contributed by atoms with Crippen molar-refractivity contribution in [2.75, 3.05) is 10.5 Å². The minimum Gasteiger partial charge on any atom is -0.405 e. The fraction of sp³-hybridized carbons (Fsp3) is 0. The highest BCUT2D eigenvalue weighted by atomic mass is 79.9. The number of anilines is 2. The van der Waals surface area contributed by atoms with Crippen LogP contribution in [0.25, 0.3) is 22.3 Å². The van der Waals surface area contributed by atoms with E-state index in [1.165, 1.54) is 39.1 Å². The van der Waals surface area contributed by atoms with Crippen molar-refractivity contribution in [3.05, 3.63) is 65.1 Å². The SMILES string of the molecule is Brc1ccc2c(c1)-c1cccc3c1B(Nc1ccccc1-3)N2. The first-order chi connectivity index (χ1) is 10.8. The van der Waals surface area contributed by atoms with Crippen LogP contribution in [0, 0.1) is 0 Å². The summed E-state index contributed by atoms with van der Waals surface area (Å²) in [6, 6.07) is 21.5. The van der Waals surface area contributed by atoms with Crippen LogP contribution in [0.3, 0.4) is 0 Å². The van der Waals surface area contributed by atoms with Gasteiger partial charge in [0.15, 0.2) is 0 Å². The molecule has 0 unspecified atom stereocenters. The number of para-hydroxylation sites is 1. The molecular formula is C18H12BBrN2. The lowest BCUT2D eigenvalue weighted by Gasteiger charge is -2.34. The van der Waals surface area contributed by atoms with E-state index in [-0.39, 0.29) is 6.98 Å². The zero-order chi connectivity index (χ0) is 14.7. The van der Waals surface area contributed by atoms with Gasteiger partial charge < -0.3 is 10.5 Å². The van der Waals surface area contributed by atoms with Gasteiger partial charge in [-0.15, -0.1) is 0 Å². The van der Waals surface area contributed by atoms with Crippen LogP contribution in [0.5, 0.6) is 0 Å². The molecule has 0 radical (unpaired) electrons. The van der Waals surface area contributed by atoms with Crippen LogP contribution in [0.4, 0.5) is 11.4 Å². The van der Waals surface area contributed by atoms with Crippen molar-refractivity contribution in [3.63, 3.8) is 0 Å². The summed E-state index contributed by atoms with van der Waals surface area (Å²) in [5, 5.41) is 7.26. The Balaban J connectivity index is 1.85. The van der Waals surface area contributed by atoms with E-state index in [1.807, 2.05) is 0 Å². The van der Waals surface area contributed by atoms with Crippen molar-refractivity contribution >= 4 is 39.8 Å². The Kier molecular flexibility index (Phi) is 2.47. The fourth-order valence-corrected chi connectivity index (χ4v) is 3.91. The third-order valence-corrected chi connectivity index (χ3v) is 4.98. The average Bonchev–Trinajstić information content (AvgIpc) is 2.56. The Morgan fingerprint density at radius 3 is 2.23 bits per heavy atom. The van der Waals surface area contributed by atoms with E-state index >= 15 is 0 Å². The molecule has 104 valence electrons. The third-order valence-electron chi connectivity index (χ3n) is 4.48. The number of nitrogens with one attached hydrogen (secondary N) is 2. The first kappa shape index (κ1) is 12.4. The van der Waals surface area contributed by atoms with Crippen molar-refractivity contribution in [3.8, 4) is 22.3 Å². The lowest BCUT2D eigenvalue weighted by Crippen LogP contribution is -2.52. The number of halogens is 1. The predicted octanol–water partition coefficient (Wildman–Crippen LogP) is 4.33. The van der Waals surface area contributed by atoms with Gasteiger partial charge in [-0.1, -0.05) is 52.3 Å². The van der Waals surface area contributed by atoms with Crippen molar-refractivity contribution in [2.24, 2.45) is 0 Å². The monoisotopic (exact) mass is 346 g/mol. The van der Waals surface area contributed by atoms with E-state index in [4.69, 9.17) is 0 Å². The van der Waals surface area contributed by atoms with Gasteiger partial charge in [-0.25, -0.2) is 0 Å². The fourth-order valence-electron chi connectivity index (χ4n) is 3.55. The summed E-state index contributed by atoms with van der Waals surface area (Å²) in [5.41, 5.74) is 8.84. The zero-order valence-electron chi connectivity index (χ0n) is 11.7. The summed E-state index contributed by atoms with van der Waals surface area (Å²) < 4.78 is 1.10. The van der Waals surface area contributed by atoms with Crippen LogP contribution in [0.15, 0.2) is 65.1 Å². The maximum absolute atomic E-state index is 3.63. The van der Waals surface area contributed by atoms with E-state index in [0.717, 1.165) is 4.47 Å². The number of hydrogen-bond donors (Lipinski definition) is 2. The summed E-state index contributed by atoms with van der Waals surface area (Å²) in [6.07, 6.45) is 0. The Hall–Kier alpha value is -2.20. The third kappa shape index (κ3) is 1.61. The first-order valence-electron chi connectivity index (χ1n) is 7.36. The van der Waals surface area contributed by atoms with Crippen molar-refractivity contribution in [2.45, 2.75) is 0 Å². The molecule has 0 aliphatic carbocycles. The maximum Gasteiger partial charge on any atom is 0.407 e. The van der Waals surface area contributed by atoms with Crippen LogP contribution in [0.1, 0.15) is 0 Å². The summed E-state index contributed by atoms with van der Waals surface area (Å²) in [6.45, 7) is 0.120. The molecule has 3 aromatic carbocycles. The molecule has 3 aromatic rings. The largest absolute Gasteiger partial charge is 0.407 e. The molecule has 2 N–H and O–H groups in total. The molecule has 0 fully saturated rings. The molecule has 4 heteroatoms. The first-order valence-corrected chi connectivity index (χ1v) is 8.16. The zero-order valence-corrected chi connectivity index (χ0v) is 13.3. The van der Waals surface area contributed by atoms with Gasteiger partial charge in [-0.3, -0.25) is 0 Å². The Bertz CT molecular complexity index is 923. The Morgan fingerprint density at radius 2 is 1.36 bits per heavy atom. The highest BCUT2D eigenvalue weighted by Crippen LogP contribution is 2.39. The minimum atomic E-state index is 0.120. The van der Waals surface area contributed by atoms with Gasteiger partial charge >= 0.3 is 6.98 Å². The second-order valence-corrected chi connectivity index (χ2v) is 6.64. The molecule has 0 spiro atoms. The van der Waals surface area contributed by atoms with Crippen LogP contribution in [-0.2, 0) is 0 Å². The Labute approximate surface area is 137 Å². The lowest BCUT2D eigenvalue weighted by atomic mass is 9.57. The number of benzene rings is 3. The molecule has 2 aliphatic rings. The van der Waals surface area contributed by atoms with Gasteiger partial charge in [-0.05, 0) is 40.9 Å². The quantitative estimate of drug-likeness (QED) is 0.592. The highest BCUT2D eigenvalue weighted by Gasteiger charge is 2.35. The van der Waals surface area contributed by atoms with Crippen LogP contribution in [0.2, 0.25) is 0 Å². The van der Waals surface area contributed by atoms with Gasteiger partial charge in [0, 0.05) is 27.0 Å². The minimum absolute atomic E-state index is 0.120. The molecule has 5 rings (SSSR count). The van der Waals surface area contributed by atoms with Crippen molar-refractivity contribution in [1.29, 1.82) is 0 Å². The molecular weight excluding hydrogens is 335 g/mol. The van der Waals surface area contributed by atoms with E-state index in [1.54, 1.807) is 0 Å². The number of hydrogen-bond acceptors (Lipinski definition) is 2. The van der Waals surface area contributed by atoms with E-state index in [0.29, 0.717) is 0 Å². The summed E-state index contributed by atoms with van der Waals surface area (Å²) in [7, 11) is 0. The van der Waals surface area contributed by atoms with Gasteiger partial charge in [0.25, 0.3) is 0 Å². The van der Waals surface area contributed by atoms with Gasteiger partial charge in [0.2, 0.25) is 0 Å². The molecule has 2 aliphatic heterocycles. The lowest BCUT2D eigenvalue weighted by molar-refractivity contribution is 1.50. The maximum atomic E-state index is 3.63. The van der Waals surface area contributed by atoms with E-state index < -0.39 is 0 Å². The highest BCUT2D eigenvalue weighted by molar-refractivity contribution is 9.10. The summed E-state index contributed by atoms with van der Waals surface area (Å²) in [4.78, 5) is 0. The summed E-state index contributed by atoms with van der Waals surface area (Å²) >= 11 is 3.59.